The predicted molar refractivity (Wildman–Crippen MR) is 118 cm³/mol. The van der Waals surface area contributed by atoms with Crippen molar-refractivity contribution in [1.29, 1.82) is 0 Å². The van der Waals surface area contributed by atoms with Crippen LogP contribution in [0.1, 0.15) is 93.9 Å². The Morgan fingerprint density at radius 3 is 1.38 bits per heavy atom. The Kier molecular flexibility index (Phi) is 8.08. The van der Waals surface area contributed by atoms with E-state index in [1.54, 1.807) is 27.7 Å². The Labute approximate surface area is 191 Å². The number of rotatable bonds is 9. The van der Waals surface area contributed by atoms with Crippen LogP contribution < -0.4 is 0 Å². The van der Waals surface area contributed by atoms with Crippen LogP contribution >= 0.6 is 0 Å². The minimum absolute atomic E-state index is 0.363. The molecule has 0 spiro atoms. The first-order chi connectivity index (χ1) is 14.5. The molecule has 186 valence electrons. The van der Waals surface area contributed by atoms with Gasteiger partial charge in [-0.2, -0.15) is 0 Å². The lowest BCUT2D eigenvalue weighted by atomic mass is 9.86. The van der Waals surface area contributed by atoms with Gasteiger partial charge in [-0.25, -0.2) is 0 Å². The molecular weight excluding hydrogens is 416 g/mol. The highest BCUT2D eigenvalue weighted by Gasteiger charge is 2.51. The standard InChI is InChI=1S/C24H42O8/c1-15(25)29-19(23(7)13-11-17(31-23)21(3,4)27)9-10-20(30-16(2)26)24(8)14-12-18(32-24)22(5,6)28/h17-20,27-28H,9-14H2,1-8H3/t17-,18-,19-,20+,23+,24-/m1/s1. The van der Waals surface area contributed by atoms with Gasteiger partial charge in [0.25, 0.3) is 0 Å². The molecule has 0 saturated carbocycles. The van der Waals surface area contributed by atoms with Gasteiger partial charge in [-0.3, -0.25) is 9.59 Å². The molecule has 8 nitrogen and oxygen atoms in total. The van der Waals surface area contributed by atoms with Crippen LogP contribution in [0.3, 0.4) is 0 Å². The molecule has 0 aromatic heterocycles. The predicted octanol–water partition coefficient (Wildman–Crippen LogP) is 3.05. The third-order valence-electron chi connectivity index (χ3n) is 6.87. The Balaban J connectivity index is 2.17. The van der Waals surface area contributed by atoms with Crippen LogP contribution in [-0.2, 0) is 28.5 Å². The van der Waals surface area contributed by atoms with Gasteiger partial charge in [-0.1, -0.05) is 0 Å². The van der Waals surface area contributed by atoms with Crippen molar-refractivity contribution in [1.82, 2.24) is 0 Å². The molecule has 0 unspecified atom stereocenters. The molecular formula is C24H42O8. The zero-order valence-electron chi connectivity index (χ0n) is 20.9. The molecule has 2 aliphatic heterocycles. The lowest BCUT2D eigenvalue weighted by Crippen LogP contribution is -2.48. The maximum absolute atomic E-state index is 11.9. The zero-order valence-corrected chi connectivity index (χ0v) is 20.9. The first-order valence-corrected chi connectivity index (χ1v) is 11.6. The summed E-state index contributed by atoms with van der Waals surface area (Å²) in [6.07, 6.45) is 1.51. The molecule has 6 atom stereocenters. The lowest BCUT2D eigenvalue weighted by molar-refractivity contribution is -0.191. The summed E-state index contributed by atoms with van der Waals surface area (Å²) >= 11 is 0. The maximum atomic E-state index is 11.9. The number of carbonyl (C=O) groups is 2. The molecule has 0 bridgehead atoms. The summed E-state index contributed by atoms with van der Waals surface area (Å²) in [6.45, 7) is 13.3. The summed E-state index contributed by atoms with van der Waals surface area (Å²) in [7, 11) is 0. The molecule has 2 aliphatic rings. The second kappa shape index (κ2) is 9.57. The van der Waals surface area contributed by atoms with Gasteiger partial charge < -0.3 is 29.2 Å². The summed E-state index contributed by atoms with van der Waals surface area (Å²) in [4.78, 5) is 23.7. The van der Waals surface area contributed by atoms with E-state index in [-0.39, 0.29) is 12.2 Å². The smallest absolute Gasteiger partial charge is 0.303 e. The van der Waals surface area contributed by atoms with Gasteiger partial charge in [-0.15, -0.1) is 0 Å². The van der Waals surface area contributed by atoms with Crippen LogP contribution in [0, 0.1) is 0 Å². The molecule has 2 rings (SSSR count). The van der Waals surface area contributed by atoms with Gasteiger partial charge >= 0.3 is 11.9 Å². The lowest BCUT2D eigenvalue weighted by Gasteiger charge is -2.38. The van der Waals surface area contributed by atoms with Crippen molar-refractivity contribution in [2.45, 2.75) is 141 Å². The van der Waals surface area contributed by atoms with Gasteiger partial charge in [0, 0.05) is 13.8 Å². The first-order valence-electron chi connectivity index (χ1n) is 11.6. The van der Waals surface area contributed by atoms with E-state index in [1.165, 1.54) is 13.8 Å². The van der Waals surface area contributed by atoms with Crippen molar-refractivity contribution in [2.75, 3.05) is 0 Å². The van der Waals surface area contributed by atoms with E-state index in [0.29, 0.717) is 38.5 Å². The maximum Gasteiger partial charge on any atom is 0.303 e. The zero-order chi connectivity index (χ0) is 24.5. The number of aliphatic hydroxyl groups is 2. The first kappa shape index (κ1) is 27.0. The summed E-state index contributed by atoms with van der Waals surface area (Å²) in [6, 6.07) is 0. The van der Waals surface area contributed by atoms with Crippen molar-refractivity contribution < 1.29 is 38.7 Å². The number of hydrogen-bond acceptors (Lipinski definition) is 8. The molecule has 0 aromatic carbocycles. The molecule has 0 aromatic rings. The molecule has 32 heavy (non-hydrogen) atoms. The summed E-state index contributed by atoms with van der Waals surface area (Å²) < 4.78 is 23.7. The van der Waals surface area contributed by atoms with Gasteiger partial charge in [0.2, 0.25) is 0 Å². The molecule has 2 heterocycles. The third-order valence-corrected chi connectivity index (χ3v) is 6.87. The molecule has 0 aliphatic carbocycles. The van der Waals surface area contributed by atoms with Crippen molar-refractivity contribution in [3.63, 3.8) is 0 Å². The average Bonchev–Trinajstić information content (AvgIpc) is 3.21. The number of carbonyl (C=O) groups excluding carboxylic acids is 2. The third kappa shape index (κ3) is 6.65. The van der Waals surface area contributed by atoms with Crippen LogP contribution in [0.15, 0.2) is 0 Å². The highest BCUT2D eigenvalue weighted by molar-refractivity contribution is 5.66. The van der Waals surface area contributed by atoms with E-state index < -0.39 is 46.6 Å². The quantitative estimate of drug-likeness (QED) is 0.507. The number of hydrogen-bond donors (Lipinski definition) is 2. The van der Waals surface area contributed by atoms with Gasteiger partial charge in [-0.05, 0) is 80.1 Å². The van der Waals surface area contributed by atoms with E-state index in [1.807, 2.05) is 13.8 Å². The van der Waals surface area contributed by atoms with Crippen molar-refractivity contribution in [2.24, 2.45) is 0 Å². The fourth-order valence-electron chi connectivity index (χ4n) is 4.87. The molecule has 0 radical (unpaired) electrons. The average molecular weight is 459 g/mol. The molecule has 8 heteroatoms. The van der Waals surface area contributed by atoms with Crippen molar-refractivity contribution in [3.05, 3.63) is 0 Å². The normalized spacial score (nSPS) is 33.1. The Morgan fingerprint density at radius 2 is 1.16 bits per heavy atom. The fraction of sp³-hybridized carbons (Fsp3) is 0.917. The van der Waals surface area contributed by atoms with Gasteiger partial charge in [0.1, 0.15) is 23.4 Å². The van der Waals surface area contributed by atoms with E-state index in [0.717, 1.165) is 0 Å². The monoisotopic (exact) mass is 458 g/mol. The van der Waals surface area contributed by atoms with Crippen LogP contribution in [0.4, 0.5) is 0 Å². The fourth-order valence-corrected chi connectivity index (χ4v) is 4.87. The SMILES string of the molecule is CC(=O)O[C@@H](CC[C@@H](OC(C)=O)[C@]1(C)CC[C@H](C(C)(C)O)O1)[C@@]1(C)CC[C@H](C(C)(C)O)O1. The molecule has 2 fully saturated rings. The highest BCUT2D eigenvalue weighted by Crippen LogP contribution is 2.43. The van der Waals surface area contributed by atoms with Crippen LogP contribution in [0.2, 0.25) is 0 Å². The van der Waals surface area contributed by atoms with Crippen LogP contribution in [0.5, 0.6) is 0 Å². The minimum Gasteiger partial charge on any atom is -0.459 e. The second-order valence-corrected chi connectivity index (χ2v) is 11.0. The van der Waals surface area contributed by atoms with Crippen LogP contribution in [0.25, 0.3) is 0 Å². The largest absolute Gasteiger partial charge is 0.459 e. The minimum atomic E-state index is -1.00. The van der Waals surface area contributed by atoms with E-state index in [9.17, 15) is 19.8 Å². The van der Waals surface area contributed by atoms with E-state index >= 15 is 0 Å². The number of esters is 2. The summed E-state index contributed by atoms with van der Waals surface area (Å²) in [5.41, 5.74) is -3.53. The summed E-state index contributed by atoms with van der Waals surface area (Å²) in [5.74, 6) is -0.831. The van der Waals surface area contributed by atoms with E-state index in [4.69, 9.17) is 18.9 Å². The Bertz CT molecular complexity index is 620. The second-order valence-electron chi connectivity index (χ2n) is 11.0. The van der Waals surface area contributed by atoms with Crippen molar-refractivity contribution in [3.8, 4) is 0 Å². The van der Waals surface area contributed by atoms with Gasteiger partial charge in [0.15, 0.2) is 0 Å². The van der Waals surface area contributed by atoms with Crippen LogP contribution in [-0.4, -0.2) is 69.0 Å². The van der Waals surface area contributed by atoms with E-state index in [2.05, 4.69) is 0 Å². The molecule has 2 N–H and O–H groups in total. The summed E-state index contributed by atoms with van der Waals surface area (Å²) in [5, 5.41) is 20.7. The van der Waals surface area contributed by atoms with Crippen molar-refractivity contribution >= 4 is 11.9 Å². The Hall–Kier alpha value is -1.22. The molecule has 0 amide bonds. The number of ether oxygens (including phenoxy) is 4. The Morgan fingerprint density at radius 1 is 0.844 bits per heavy atom. The topological polar surface area (TPSA) is 112 Å². The molecule has 2 saturated heterocycles. The van der Waals surface area contributed by atoms with Gasteiger partial charge in [0.05, 0.1) is 23.4 Å². The highest BCUT2D eigenvalue weighted by atomic mass is 16.6.